The summed E-state index contributed by atoms with van der Waals surface area (Å²) in [6.45, 7) is 5.88. The Morgan fingerprint density at radius 3 is 2.16 bits per heavy atom. The van der Waals surface area contributed by atoms with Crippen LogP contribution >= 0.6 is 0 Å². The predicted octanol–water partition coefficient (Wildman–Crippen LogP) is 4.40. The van der Waals surface area contributed by atoms with Crippen molar-refractivity contribution in [2.45, 2.75) is 51.2 Å². The van der Waals surface area contributed by atoms with Gasteiger partial charge in [-0.1, -0.05) is 48.5 Å². The van der Waals surface area contributed by atoms with E-state index in [2.05, 4.69) is 22.8 Å². The van der Waals surface area contributed by atoms with Gasteiger partial charge >= 0.3 is 12.2 Å². The molecule has 1 aliphatic carbocycles. The Bertz CT molecular complexity index is 921. The molecule has 0 bridgehead atoms. The molecule has 0 unspecified atom stereocenters. The van der Waals surface area contributed by atoms with Crippen molar-refractivity contribution in [2.24, 2.45) is 0 Å². The summed E-state index contributed by atoms with van der Waals surface area (Å²) in [6, 6.07) is 15.5. The van der Waals surface area contributed by atoms with Crippen LogP contribution in [0.4, 0.5) is 9.59 Å². The number of alkyl carbamates (subject to hydrolysis) is 2. The summed E-state index contributed by atoms with van der Waals surface area (Å²) >= 11 is 0. The third-order valence-electron chi connectivity index (χ3n) is 5.17. The number of hydrogen-bond acceptors (Lipinski definition) is 5. The van der Waals surface area contributed by atoms with E-state index in [0.29, 0.717) is 25.7 Å². The molecule has 2 amide bonds. The van der Waals surface area contributed by atoms with Crippen molar-refractivity contribution in [1.29, 1.82) is 0 Å². The van der Waals surface area contributed by atoms with Crippen molar-refractivity contribution < 1.29 is 23.9 Å². The molecule has 2 aromatic rings. The minimum Gasteiger partial charge on any atom is -0.449 e. The van der Waals surface area contributed by atoms with E-state index in [0.717, 1.165) is 22.3 Å². The standard InChI is InChI=1S/C25H30N2O5/c1-25(2,3)32-23(29)26-14-8-9-17(15-28)27-24(30)31-16-22-20-12-6-4-10-18(20)19-11-5-7-13-21(19)22/h4-7,10-13,15,17,22H,8-9,14,16H2,1-3H3,(H,26,29)(H,27,30)/t17-/m0/s1. The fourth-order valence-electron chi connectivity index (χ4n) is 3.79. The summed E-state index contributed by atoms with van der Waals surface area (Å²) in [4.78, 5) is 35.3. The number of aldehydes is 1. The maximum absolute atomic E-state index is 12.3. The largest absolute Gasteiger partial charge is 0.449 e. The molecule has 0 spiro atoms. The lowest BCUT2D eigenvalue weighted by Crippen LogP contribution is -2.38. The Labute approximate surface area is 188 Å². The molecule has 2 aromatic carbocycles. The highest BCUT2D eigenvalue weighted by molar-refractivity contribution is 5.79. The van der Waals surface area contributed by atoms with Crippen LogP contribution in [0.2, 0.25) is 0 Å². The number of fused-ring (bicyclic) bond motifs is 3. The lowest BCUT2D eigenvalue weighted by Gasteiger charge is -2.20. The van der Waals surface area contributed by atoms with Crippen LogP contribution in [0.25, 0.3) is 11.1 Å². The number of nitrogens with one attached hydrogen (secondary N) is 2. The molecule has 0 saturated heterocycles. The Morgan fingerprint density at radius 1 is 1.00 bits per heavy atom. The normalized spacial score (nSPS) is 13.5. The molecule has 32 heavy (non-hydrogen) atoms. The third-order valence-corrected chi connectivity index (χ3v) is 5.17. The van der Waals surface area contributed by atoms with E-state index in [-0.39, 0.29) is 12.5 Å². The second-order valence-electron chi connectivity index (χ2n) is 8.78. The molecule has 170 valence electrons. The van der Waals surface area contributed by atoms with Crippen molar-refractivity contribution in [3.63, 3.8) is 0 Å². The number of benzene rings is 2. The molecule has 0 saturated carbocycles. The monoisotopic (exact) mass is 438 g/mol. The maximum Gasteiger partial charge on any atom is 0.407 e. The van der Waals surface area contributed by atoms with Crippen molar-refractivity contribution in [3.05, 3.63) is 59.7 Å². The molecule has 1 atom stereocenters. The topological polar surface area (TPSA) is 93.7 Å². The van der Waals surface area contributed by atoms with Crippen molar-refractivity contribution in [3.8, 4) is 11.1 Å². The fraction of sp³-hybridized carbons (Fsp3) is 0.400. The van der Waals surface area contributed by atoms with E-state index in [4.69, 9.17) is 9.47 Å². The zero-order valence-electron chi connectivity index (χ0n) is 18.7. The minimum absolute atomic E-state index is 0.0409. The van der Waals surface area contributed by atoms with Gasteiger partial charge in [-0.25, -0.2) is 9.59 Å². The first-order chi connectivity index (χ1) is 15.3. The second-order valence-corrected chi connectivity index (χ2v) is 8.78. The van der Waals surface area contributed by atoms with Gasteiger partial charge in [0, 0.05) is 12.5 Å². The van der Waals surface area contributed by atoms with Crippen molar-refractivity contribution in [2.75, 3.05) is 13.2 Å². The summed E-state index contributed by atoms with van der Waals surface area (Å²) < 4.78 is 10.6. The van der Waals surface area contributed by atoms with Gasteiger partial charge in [-0.05, 0) is 55.9 Å². The predicted molar refractivity (Wildman–Crippen MR) is 122 cm³/mol. The average molecular weight is 439 g/mol. The lowest BCUT2D eigenvalue weighted by atomic mass is 9.98. The van der Waals surface area contributed by atoms with E-state index < -0.39 is 23.8 Å². The van der Waals surface area contributed by atoms with Gasteiger partial charge in [-0.2, -0.15) is 0 Å². The van der Waals surface area contributed by atoms with Crippen LogP contribution in [0.15, 0.2) is 48.5 Å². The summed E-state index contributed by atoms with van der Waals surface area (Å²) in [5.41, 5.74) is 3.99. The van der Waals surface area contributed by atoms with Crippen LogP contribution in [0, 0.1) is 0 Å². The highest BCUT2D eigenvalue weighted by Crippen LogP contribution is 2.44. The van der Waals surface area contributed by atoms with Crippen LogP contribution in [0.1, 0.15) is 50.7 Å². The Morgan fingerprint density at radius 2 is 1.59 bits per heavy atom. The third kappa shape index (κ3) is 6.09. The summed E-state index contributed by atoms with van der Waals surface area (Å²) in [5, 5.41) is 5.22. The average Bonchev–Trinajstić information content (AvgIpc) is 3.07. The fourth-order valence-corrected chi connectivity index (χ4v) is 3.79. The zero-order valence-corrected chi connectivity index (χ0v) is 18.7. The first kappa shape index (κ1) is 23.3. The first-order valence-corrected chi connectivity index (χ1v) is 10.8. The van der Waals surface area contributed by atoms with Gasteiger partial charge in [0.1, 0.15) is 18.5 Å². The Balaban J connectivity index is 1.46. The van der Waals surface area contributed by atoms with E-state index >= 15 is 0 Å². The lowest BCUT2D eigenvalue weighted by molar-refractivity contribution is -0.109. The molecule has 0 aliphatic heterocycles. The van der Waals surface area contributed by atoms with Crippen LogP contribution < -0.4 is 10.6 Å². The molecular weight excluding hydrogens is 408 g/mol. The number of carbonyl (C=O) groups is 3. The smallest absolute Gasteiger partial charge is 0.407 e. The molecule has 1 aliphatic rings. The SMILES string of the molecule is CC(C)(C)OC(=O)NCCC[C@@H](C=O)NC(=O)OCC1c2ccccc2-c2ccccc21. The minimum atomic E-state index is -0.689. The van der Waals surface area contributed by atoms with Gasteiger partial charge in [0.05, 0.1) is 6.04 Å². The number of hydrogen-bond donors (Lipinski definition) is 2. The van der Waals surface area contributed by atoms with Gasteiger partial charge in [0.15, 0.2) is 0 Å². The van der Waals surface area contributed by atoms with E-state index in [9.17, 15) is 14.4 Å². The van der Waals surface area contributed by atoms with Crippen molar-refractivity contribution >= 4 is 18.5 Å². The second kappa shape index (κ2) is 10.3. The molecule has 0 aromatic heterocycles. The molecule has 7 heteroatoms. The van der Waals surface area contributed by atoms with Crippen LogP contribution in [0.3, 0.4) is 0 Å². The van der Waals surface area contributed by atoms with Gasteiger partial charge < -0.3 is 24.9 Å². The highest BCUT2D eigenvalue weighted by Gasteiger charge is 2.29. The summed E-state index contributed by atoms with van der Waals surface area (Å²) in [6.07, 6.45) is 0.416. The number of ether oxygens (including phenoxy) is 2. The van der Waals surface area contributed by atoms with Gasteiger partial charge in [0.25, 0.3) is 0 Å². The molecular formula is C25H30N2O5. The van der Waals surface area contributed by atoms with Crippen LogP contribution in [-0.2, 0) is 14.3 Å². The molecule has 3 rings (SSSR count). The Hall–Kier alpha value is -3.35. The van der Waals surface area contributed by atoms with Gasteiger partial charge in [-0.3, -0.25) is 0 Å². The zero-order chi connectivity index (χ0) is 23.1. The van der Waals surface area contributed by atoms with E-state index in [1.807, 2.05) is 36.4 Å². The van der Waals surface area contributed by atoms with Gasteiger partial charge in [0.2, 0.25) is 0 Å². The number of rotatable bonds is 8. The molecule has 0 fully saturated rings. The number of carbonyl (C=O) groups excluding carboxylic acids is 3. The van der Waals surface area contributed by atoms with Gasteiger partial charge in [-0.15, -0.1) is 0 Å². The first-order valence-electron chi connectivity index (χ1n) is 10.8. The van der Waals surface area contributed by atoms with Crippen molar-refractivity contribution in [1.82, 2.24) is 10.6 Å². The summed E-state index contributed by atoms with van der Waals surface area (Å²) in [7, 11) is 0. The maximum atomic E-state index is 12.3. The molecule has 0 heterocycles. The Kier molecular flexibility index (Phi) is 7.51. The molecule has 0 radical (unpaired) electrons. The van der Waals surface area contributed by atoms with E-state index in [1.165, 1.54) is 0 Å². The highest BCUT2D eigenvalue weighted by atomic mass is 16.6. The number of amides is 2. The summed E-state index contributed by atoms with van der Waals surface area (Å²) in [5.74, 6) is -0.0409. The van der Waals surface area contributed by atoms with Crippen LogP contribution in [0.5, 0.6) is 0 Å². The molecule has 7 nitrogen and oxygen atoms in total. The van der Waals surface area contributed by atoms with Crippen LogP contribution in [-0.4, -0.2) is 43.3 Å². The quantitative estimate of drug-likeness (QED) is 0.471. The van der Waals surface area contributed by atoms with E-state index in [1.54, 1.807) is 20.8 Å². The molecule has 2 N–H and O–H groups in total.